The topological polar surface area (TPSA) is 251 Å². The fourth-order valence-electron chi connectivity index (χ4n) is 7.44. The minimum atomic E-state index is -1.18. The second-order valence-corrected chi connectivity index (χ2v) is 17.4. The first kappa shape index (κ1) is 47.3. The van der Waals surface area contributed by atoms with Crippen LogP contribution in [0.4, 0.5) is 0 Å². The van der Waals surface area contributed by atoms with E-state index >= 15 is 0 Å². The molecule has 0 aromatic carbocycles. The molecule has 0 saturated carbocycles. The van der Waals surface area contributed by atoms with E-state index in [1.54, 1.807) is 30.6 Å². The summed E-state index contributed by atoms with van der Waals surface area (Å²) in [4.78, 5) is 56.9. The molecule has 0 radical (unpaired) electrons. The van der Waals surface area contributed by atoms with E-state index in [1.165, 1.54) is 7.05 Å². The number of carboxylic acids is 2. The minimum absolute atomic E-state index is 0. The Balaban J connectivity index is 0.00000769. The number of H-pyrrole nitrogens is 2. The van der Waals surface area contributed by atoms with Crippen molar-refractivity contribution < 1.29 is 46.8 Å². The van der Waals surface area contributed by atoms with Crippen molar-refractivity contribution in [1.29, 1.82) is 0 Å². The quantitative estimate of drug-likeness (QED) is 0.0658. The Labute approximate surface area is 363 Å². The van der Waals surface area contributed by atoms with Gasteiger partial charge < -0.3 is 51.9 Å². The zero-order valence-corrected chi connectivity index (χ0v) is 37.3. The summed E-state index contributed by atoms with van der Waals surface area (Å²) in [7, 11) is 3.00. The van der Waals surface area contributed by atoms with Crippen molar-refractivity contribution in [3.8, 4) is 0 Å². The molecule has 2 aliphatic heterocycles. The Morgan fingerprint density at radius 3 is 1.69 bits per heavy atom. The van der Waals surface area contributed by atoms with Gasteiger partial charge in [0.15, 0.2) is 0 Å². The molecule has 2 aliphatic rings. The molecule has 316 valence electrons. The van der Waals surface area contributed by atoms with Gasteiger partial charge in [0.25, 0.3) is 0 Å². The number of fused-ring (bicyclic) bond motifs is 8. The number of hydrogen-bond donors (Lipinski definition) is 6. The molecule has 3 aromatic rings. The number of thioether (sulfide) groups is 2. The molecule has 3 aromatic heterocycles. The molecule has 0 aliphatic carbocycles. The molecule has 0 fully saturated rings. The van der Waals surface area contributed by atoms with Crippen LogP contribution in [0.1, 0.15) is 109 Å². The number of carboxylic acid groups (broad SMARTS) is 2. The largest absolute Gasteiger partial charge is 2.00 e. The number of carbonyl (C=O) groups is 3. The van der Waals surface area contributed by atoms with Gasteiger partial charge in [0, 0.05) is 76.6 Å². The molecular weight excluding hydrogens is 832 g/mol. The Morgan fingerprint density at radius 1 is 0.763 bits per heavy atom. The van der Waals surface area contributed by atoms with Crippen LogP contribution in [0.25, 0.3) is 44.4 Å². The smallest absolute Gasteiger partial charge is 0.861 e. The van der Waals surface area contributed by atoms with Crippen LogP contribution >= 0.6 is 23.5 Å². The van der Waals surface area contributed by atoms with Crippen molar-refractivity contribution in [1.82, 2.24) is 25.3 Å². The maximum atomic E-state index is 12.3. The van der Waals surface area contributed by atoms with E-state index in [2.05, 4.69) is 40.2 Å². The van der Waals surface area contributed by atoms with E-state index < -0.39 is 24.0 Å². The summed E-state index contributed by atoms with van der Waals surface area (Å²) in [5.74, 6) is -1.97. The van der Waals surface area contributed by atoms with Crippen LogP contribution in [-0.4, -0.2) is 86.5 Å². The number of rotatable bonds is 16. The average Bonchev–Trinajstić information content (AvgIpc) is 3.85. The summed E-state index contributed by atoms with van der Waals surface area (Å²) in [6.45, 7) is 12.1. The Kier molecular flexibility index (Phi) is 16.2. The summed E-state index contributed by atoms with van der Waals surface area (Å²) in [5.41, 5.74) is 25.2. The molecule has 5 heterocycles. The van der Waals surface area contributed by atoms with E-state index in [1.807, 2.05) is 45.9 Å². The molecule has 8 N–H and O–H groups in total. The van der Waals surface area contributed by atoms with Crippen molar-refractivity contribution in [2.24, 2.45) is 16.5 Å². The third-order valence-corrected chi connectivity index (χ3v) is 13.4. The van der Waals surface area contributed by atoms with Gasteiger partial charge in [-0.05, 0) is 136 Å². The van der Waals surface area contributed by atoms with E-state index in [0.29, 0.717) is 34.3 Å². The molecule has 17 heteroatoms. The van der Waals surface area contributed by atoms with Gasteiger partial charge in [-0.3, -0.25) is 9.59 Å². The number of aromatic amines is 2. The fraction of sp³-hybridized carbons (Fsp3) is 0.429. The van der Waals surface area contributed by atoms with Gasteiger partial charge in [-0.15, -0.1) is 0 Å². The van der Waals surface area contributed by atoms with Gasteiger partial charge in [-0.1, -0.05) is 0 Å². The van der Waals surface area contributed by atoms with Crippen LogP contribution in [0, 0.1) is 13.8 Å². The van der Waals surface area contributed by atoms with Crippen molar-refractivity contribution in [3.05, 3.63) is 69.3 Å². The zero-order chi connectivity index (χ0) is 42.6. The van der Waals surface area contributed by atoms with Crippen LogP contribution in [0.2, 0.25) is 0 Å². The second-order valence-electron chi connectivity index (χ2n) is 14.6. The van der Waals surface area contributed by atoms with Gasteiger partial charge in [-0.25, -0.2) is 9.97 Å². The molecule has 5 rings (SSSR count). The predicted octanol–water partition coefficient (Wildman–Crippen LogP) is 4.56. The zero-order valence-electron chi connectivity index (χ0n) is 34.5. The number of allylic oxidation sites excluding steroid dienone is 4. The number of nitrogens with two attached hydrogens (primary N) is 2. The standard InChI is InChI=1S/C42H54N8O6S2.Fe/c1-19-25(9-11-37(51)52)33-16-34-26(10-12-38(53)54)20(2)30(48-34)14-35-40(24(6)58-18-28(44)42(56)46-8)22(4)32(50-35)15-36-39(21(3)31(49-36)13-29(19)47-33)23(5)57-17-27(43)41(55)45-7;/h13-16,23-24,27-28,49-50H,9-12,17-18,43-44H2,1-8H3,(H,45,55)(H,46,56)(H,51,52)(H,53,54);/q;+2/p-2. The summed E-state index contributed by atoms with van der Waals surface area (Å²) in [5, 5.41) is 36.0. The first-order chi connectivity index (χ1) is 27.4. The van der Waals surface area contributed by atoms with E-state index in [9.17, 15) is 29.7 Å². The molecule has 0 saturated heterocycles. The number of aryl methyl sites for hydroxylation is 2. The SMILES string of the molecule is CN=C([O-])C(N)CSC(C)c1c(C)c2cc3nc(cc4nc(cc5[nH]c(cc1[nH]2)c(C)c5C(C)SCC(N)C(=O)NC)C(C)=C4CCC(=O)O)C(CCC(=O)[O-])=C3C.[Fe+2]. The Morgan fingerprint density at radius 2 is 1.22 bits per heavy atom. The number of aliphatic carboxylic acids is 2. The van der Waals surface area contributed by atoms with E-state index in [4.69, 9.17) is 21.4 Å². The van der Waals surface area contributed by atoms with Crippen LogP contribution in [0.3, 0.4) is 0 Å². The maximum Gasteiger partial charge on any atom is 2.00 e. The van der Waals surface area contributed by atoms with Crippen LogP contribution in [0.5, 0.6) is 0 Å². The Hall–Kier alpha value is -4.38. The molecule has 59 heavy (non-hydrogen) atoms. The normalized spacial score (nSPS) is 15.1. The van der Waals surface area contributed by atoms with Crippen LogP contribution < -0.4 is 27.0 Å². The van der Waals surface area contributed by atoms with Gasteiger partial charge in [0.05, 0.1) is 28.8 Å². The van der Waals surface area contributed by atoms with Crippen molar-refractivity contribution in [2.75, 3.05) is 25.6 Å². The number of likely N-dealkylation sites (N-methyl/N-ethyl adjacent to an activating group) is 1. The molecule has 8 bridgehead atoms. The first-order valence-electron chi connectivity index (χ1n) is 19.1. The molecular formula is C42H52FeN8O6S2. The van der Waals surface area contributed by atoms with Gasteiger partial charge in [0.1, 0.15) is 0 Å². The van der Waals surface area contributed by atoms with Gasteiger partial charge >= 0.3 is 23.0 Å². The third-order valence-electron chi connectivity index (χ3n) is 10.8. The van der Waals surface area contributed by atoms with Crippen LogP contribution in [0.15, 0.2) is 29.3 Å². The van der Waals surface area contributed by atoms with Crippen molar-refractivity contribution in [3.63, 3.8) is 0 Å². The summed E-state index contributed by atoms with van der Waals surface area (Å²) >= 11 is 3.12. The maximum absolute atomic E-state index is 12.3. The number of carbonyl (C=O) groups excluding carboxylic acids is 2. The minimum Gasteiger partial charge on any atom is -0.861 e. The number of nitrogens with zero attached hydrogens (tertiary/aromatic N) is 3. The number of hydrogen-bond acceptors (Lipinski definition) is 12. The van der Waals surface area contributed by atoms with E-state index in [0.717, 1.165) is 66.6 Å². The first-order valence-corrected chi connectivity index (χ1v) is 21.2. The monoisotopic (exact) mass is 884 g/mol. The van der Waals surface area contributed by atoms with Crippen LogP contribution in [-0.2, 0) is 31.5 Å². The summed E-state index contributed by atoms with van der Waals surface area (Å²) in [6.07, 6.45) is 0.102. The number of aromatic nitrogens is 4. The van der Waals surface area contributed by atoms with Gasteiger partial charge in [0.2, 0.25) is 5.91 Å². The van der Waals surface area contributed by atoms with E-state index in [-0.39, 0.29) is 65.1 Å². The van der Waals surface area contributed by atoms with Crippen molar-refractivity contribution >= 4 is 91.6 Å². The number of nitrogens with one attached hydrogen (secondary N) is 3. The fourth-order valence-corrected chi connectivity index (χ4v) is 9.67. The average molecular weight is 885 g/mol. The Bertz CT molecular complexity index is 2390. The van der Waals surface area contributed by atoms with Crippen molar-refractivity contribution in [2.45, 2.75) is 89.8 Å². The van der Waals surface area contributed by atoms with Gasteiger partial charge in [-0.2, -0.15) is 23.5 Å². The molecule has 1 amide bonds. The summed E-state index contributed by atoms with van der Waals surface area (Å²) in [6, 6.07) is 6.39. The second kappa shape index (κ2) is 20.3. The molecule has 4 unspecified atom stereocenters. The predicted molar refractivity (Wildman–Crippen MR) is 232 cm³/mol. The molecule has 4 atom stereocenters. The third kappa shape index (κ3) is 10.7. The summed E-state index contributed by atoms with van der Waals surface area (Å²) < 4.78 is 0. The number of aliphatic imine (C=N–C) groups is 1. The number of amides is 1. The molecule has 14 nitrogen and oxygen atoms in total. The molecule has 0 spiro atoms.